The molecule has 1 N–H and O–H groups in total. The van der Waals surface area contributed by atoms with Crippen LogP contribution in [0.4, 0.5) is 0 Å². The van der Waals surface area contributed by atoms with Crippen LogP contribution in [0.5, 0.6) is 0 Å². The van der Waals surface area contributed by atoms with Crippen LogP contribution in [0.2, 0.25) is 0 Å². The maximum absolute atomic E-state index is 5.71. The van der Waals surface area contributed by atoms with Crippen LogP contribution in [0.25, 0.3) is 0 Å². The van der Waals surface area contributed by atoms with Crippen LogP contribution in [0, 0.1) is 0 Å². The van der Waals surface area contributed by atoms with Crippen LogP contribution in [-0.2, 0) is 4.74 Å². The van der Waals surface area contributed by atoms with E-state index in [9.17, 15) is 0 Å². The van der Waals surface area contributed by atoms with E-state index >= 15 is 0 Å². The van der Waals surface area contributed by atoms with Crippen LogP contribution in [0.1, 0.15) is 26.7 Å². The average Bonchev–Trinajstić information content (AvgIpc) is 2.70. The Hall–Kier alpha value is -0.120. The zero-order valence-electron chi connectivity index (χ0n) is 9.33. The summed E-state index contributed by atoms with van der Waals surface area (Å²) in [5.41, 5.74) is 0. The molecule has 2 aliphatic rings. The van der Waals surface area contributed by atoms with Gasteiger partial charge in [-0.05, 0) is 26.3 Å². The molecule has 0 bridgehead atoms. The monoisotopic (exact) mass is 198 g/mol. The maximum atomic E-state index is 5.71. The van der Waals surface area contributed by atoms with Gasteiger partial charge in [0.2, 0.25) is 0 Å². The van der Waals surface area contributed by atoms with Crippen LogP contribution in [-0.4, -0.2) is 49.3 Å². The number of ether oxygens (including phenoxy) is 1. The van der Waals surface area contributed by atoms with Crippen molar-refractivity contribution in [1.29, 1.82) is 0 Å². The Labute approximate surface area is 86.8 Å². The average molecular weight is 198 g/mol. The minimum absolute atomic E-state index is 0.415. The van der Waals surface area contributed by atoms with E-state index in [0.29, 0.717) is 12.1 Å². The van der Waals surface area contributed by atoms with Crippen molar-refractivity contribution in [2.45, 2.75) is 44.9 Å². The molecule has 82 valence electrons. The van der Waals surface area contributed by atoms with Gasteiger partial charge >= 0.3 is 0 Å². The zero-order valence-corrected chi connectivity index (χ0v) is 9.33. The summed E-state index contributed by atoms with van der Waals surface area (Å²) in [5, 5.41) is 3.45. The second-order valence-electron chi connectivity index (χ2n) is 4.55. The molecule has 14 heavy (non-hydrogen) atoms. The van der Waals surface area contributed by atoms with Crippen LogP contribution < -0.4 is 5.32 Å². The van der Waals surface area contributed by atoms with E-state index in [1.165, 1.54) is 25.9 Å². The van der Waals surface area contributed by atoms with E-state index in [-0.39, 0.29) is 0 Å². The van der Waals surface area contributed by atoms with Crippen LogP contribution >= 0.6 is 0 Å². The summed E-state index contributed by atoms with van der Waals surface area (Å²) in [7, 11) is 0. The first-order chi connectivity index (χ1) is 6.81. The van der Waals surface area contributed by atoms with Gasteiger partial charge in [-0.1, -0.05) is 6.92 Å². The lowest BCUT2D eigenvalue weighted by Crippen LogP contribution is -2.53. The lowest BCUT2D eigenvalue weighted by Gasteiger charge is -2.41. The number of rotatable bonds is 2. The van der Waals surface area contributed by atoms with Crippen molar-refractivity contribution in [3.8, 4) is 0 Å². The van der Waals surface area contributed by atoms with E-state index in [1.54, 1.807) is 0 Å². The molecule has 2 heterocycles. The standard InChI is InChI=1S/C11H22N2O/c1-3-10-8-14-9(2)7-13(10)11-4-5-12-6-11/h9-12H,3-8H2,1-2H3. The topological polar surface area (TPSA) is 24.5 Å². The first kappa shape index (κ1) is 10.4. The largest absolute Gasteiger partial charge is 0.376 e. The highest BCUT2D eigenvalue weighted by Gasteiger charge is 2.32. The van der Waals surface area contributed by atoms with Gasteiger partial charge in [0.1, 0.15) is 0 Å². The van der Waals surface area contributed by atoms with E-state index in [4.69, 9.17) is 4.74 Å². The smallest absolute Gasteiger partial charge is 0.0674 e. The molecule has 0 amide bonds. The van der Waals surface area contributed by atoms with Crippen LogP contribution in [0.3, 0.4) is 0 Å². The van der Waals surface area contributed by atoms with Crippen molar-refractivity contribution in [3.63, 3.8) is 0 Å². The van der Waals surface area contributed by atoms with E-state index < -0.39 is 0 Å². The van der Waals surface area contributed by atoms with E-state index in [0.717, 1.165) is 19.2 Å². The molecular weight excluding hydrogens is 176 g/mol. The second-order valence-corrected chi connectivity index (χ2v) is 4.55. The van der Waals surface area contributed by atoms with Crippen LogP contribution in [0.15, 0.2) is 0 Å². The summed E-state index contributed by atoms with van der Waals surface area (Å²) >= 11 is 0. The molecule has 0 aromatic rings. The van der Waals surface area contributed by atoms with Gasteiger partial charge in [0.05, 0.1) is 12.7 Å². The summed E-state index contributed by atoms with van der Waals surface area (Å²) in [6.45, 7) is 8.84. The van der Waals surface area contributed by atoms with Gasteiger partial charge in [-0.3, -0.25) is 4.90 Å². The van der Waals surface area contributed by atoms with Gasteiger partial charge in [-0.15, -0.1) is 0 Å². The Morgan fingerprint density at radius 1 is 1.50 bits per heavy atom. The van der Waals surface area contributed by atoms with Gasteiger partial charge in [0.15, 0.2) is 0 Å². The molecular formula is C11H22N2O. The van der Waals surface area contributed by atoms with E-state index in [1.807, 2.05) is 0 Å². The van der Waals surface area contributed by atoms with Crippen molar-refractivity contribution >= 4 is 0 Å². The summed E-state index contributed by atoms with van der Waals surface area (Å²) in [4.78, 5) is 2.66. The Balaban J connectivity index is 1.96. The Kier molecular flexibility index (Phi) is 3.42. The fourth-order valence-electron chi connectivity index (χ4n) is 2.59. The third kappa shape index (κ3) is 2.10. The minimum atomic E-state index is 0.415. The quantitative estimate of drug-likeness (QED) is 0.712. The molecule has 2 saturated heterocycles. The number of morpholine rings is 1. The lowest BCUT2D eigenvalue weighted by molar-refractivity contribution is -0.0695. The molecule has 0 aliphatic carbocycles. The van der Waals surface area contributed by atoms with Gasteiger partial charge in [0.25, 0.3) is 0 Å². The van der Waals surface area contributed by atoms with Crippen molar-refractivity contribution in [3.05, 3.63) is 0 Å². The summed E-state index contributed by atoms with van der Waals surface area (Å²) in [6, 6.07) is 1.40. The molecule has 2 aliphatic heterocycles. The molecule has 2 rings (SSSR count). The summed E-state index contributed by atoms with van der Waals surface area (Å²) in [6.07, 6.45) is 2.94. The highest BCUT2D eigenvalue weighted by Crippen LogP contribution is 2.20. The second kappa shape index (κ2) is 4.60. The maximum Gasteiger partial charge on any atom is 0.0674 e. The molecule has 0 aromatic carbocycles. The number of hydrogen-bond acceptors (Lipinski definition) is 3. The number of nitrogens with zero attached hydrogens (tertiary/aromatic N) is 1. The molecule has 0 saturated carbocycles. The van der Waals surface area contributed by atoms with Gasteiger partial charge < -0.3 is 10.1 Å². The van der Waals surface area contributed by atoms with Crippen molar-refractivity contribution in [1.82, 2.24) is 10.2 Å². The third-order valence-electron chi connectivity index (χ3n) is 3.48. The molecule has 3 heteroatoms. The van der Waals surface area contributed by atoms with Crippen molar-refractivity contribution < 1.29 is 4.74 Å². The Bertz CT molecular complexity index is 178. The number of hydrogen-bond donors (Lipinski definition) is 1. The van der Waals surface area contributed by atoms with Gasteiger partial charge in [-0.25, -0.2) is 0 Å². The highest BCUT2D eigenvalue weighted by atomic mass is 16.5. The predicted octanol–water partition coefficient (Wildman–Crippen LogP) is 0.848. The molecule has 3 nitrogen and oxygen atoms in total. The van der Waals surface area contributed by atoms with Crippen molar-refractivity contribution in [2.24, 2.45) is 0 Å². The predicted molar refractivity (Wildman–Crippen MR) is 57.5 cm³/mol. The third-order valence-corrected chi connectivity index (χ3v) is 3.48. The molecule has 3 atom stereocenters. The number of nitrogens with one attached hydrogen (secondary N) is 1. The molecule has 2 fully saturated rings. The normalized spacial score (nSPS) is 40.3. The van der Waals surface area contributed by atoms with Gasteiger partial charge in [-0.2, -0.15) is 0 Å². The first-order valence-electron chi connectivity index (χ1n) is 5.89. The van der Waals surface area contributed by atoms with Crippen molar-refractivity contribution in [2.75, 3.05) is 26.2 Å². The summed E-state index contributed by atoms with van der Waals surface area (Å²) < 4.78 is 5.71. The molecule has 0 radical (unpaired) electrons. The SMILES string of the molecule is CCC1COC(C)CN1C1CCNC1. The lowest BCUT2D eigenvalue weighted by atomic mass is 10.1. The Morgan fingerprint density at radius 3 is 3.00 bits per heavy atom. The molecule has 0 spiro atoms. The molecule has 3 unspecified atom stereocenters. The van der Waals surface area contributed by atoms with Gasteiger partial charge in [0, 0.05) is 25.2 Å². The highest BCUT2D eigenvalue weighted by molar-refractivity contribution is 4.88. The minimum Gasteiger partial charge on any atom is -0.376 e. The molecule has 0 aromatic heterocycles. The summed E-state index contributed by atoms with van der Waals surface area (Å²) in [5.74, 6) is 0. The fraction of sp³-hybridized carbons (Fsp3) is 1.00. The zero-order chi connectivity index (χ0) is 9.97. The first-order valence-corrected chi connectivity index (χ1v) is 5.89. The van der Waals surface area contributed by atoms with E-state index in [2.05, 4.69) is 24.1 Å². The fourth-order valence-corrected chi connectivity index (χ4v) is 2.59. The Morgan fingerprint density at radius 2 is 2.36 bits per heavy atom.